The first kappa shape index (κ1) is 20.6. The quantitative estimate of drug-likeness (QED) is 0.363. The fraction of sp³-hybridized carbons (Fsp3) is 0.769. The third-order valence-corrected chi connectivity index (χ3v) is 2.86. The van der Waals surface area contributed by atoms with Crippen LogP contribution in [-0.4, -0.2) is 54.9 Å². The van der Waals surface area contributed by atoms with Crippen molar-refractivity contribution in [2.75, 3.05) is 13.2 Å². The molecule has 0 aromatic heterocycles. The Bertz CT molecular complexity index is 391. The number of halogens is 1. The third-order valence-electron chi connectivity index (χ3n) is 2.47. The summed E-state index contributed by atoms with van der Waals surface area (Å²) in [4.78, 5) is 32.9. The Kier molecular flexibility index (Phi) is 9.71. The summed E-state index contributed by atoms with van der Waals surface area (Å²) in [5.74, 6) is -1.61. The number of alkyl halides is 1. The van der Waals surface area contributed by atoms with Crippen molar-refractivity contribution in [3.05, 3.63) is 0 Å². The van der Waals surface area contributed by atoms with Crippen LogP contribution in [0.1, 0.15) is 27.7 Å². The van der Waals surface area contributed by atoms with Gasteiger partial charge in [-0.3, -0.25) is 14.4 Å². The van der Waals surface area contributed by atoms with Crippen LogP contribution in [-0.2, 0) is 33.3 Å². The van der Waals surface area contributed by atoms with Gasteiger partial charge in [-0.1, -0.05) is 11.6 Å². The Morgan fingerprint density at radius 1 is 1.00 bits per heavy atom. The molecule has 0 spiro atoms. The van der Waals surface area contributed by atoms with Crippen LogP contribution in [0, 0.1) is 0 Å². The number of hydrogen-bond acceptors (Lipinski definition) is 8. The highest BCUT2D eigenvalue weighted by Crippen LogP contribution is 2.15. The van der Waals surface area contributed by atoms with Gasteiger partial charge in [0.05, 0.1) is 0 Å². The van der Waals surface area contributed by atoms with Crippen LogP contribution in [0.2, 0.25) is 0 Å². The molecular weight excluding hydrogens is 318 g/mol. The molecular formula is C13H22ClNO7. The summed E-state index contributed by atoms with van der Waals surface area (Å²) in [6, 6.07) is 0. The van der Waals surface area contributed by atoms with E-state index in [4.69, 9.17) is 36.3 Å². The van der Waals surface area contributed by atoms with E-state index >= 15 is 0 Å². The Hall–Kier alpha value is -1.38. The van der Waals surface area contributed by atoms with Crippen LogP contribution in [0.25, 0.3) is 0 Å². The van der Waals surface area contributed by atoms with Gasteiger partial charge in [-0.25, -0.2) is 0 Å². The molecule has 2 N–H and O–H groups in total. The molecule has 0 saturated heterocycles. The Labute approximate surface area is 134 Å². The predicted molar refractivity (Wildman–Crippen MR) is 77.0 cm³/mol. The second-order valence-electron chi connectivity index (χ2n) is 4.53. The van der Waals surface area contributed by atoms with Crippen molar-refractivity contribution < 1.29 is 33.3 Å². The zero-order valence-corrected chi connectivity index (χ0v) is 13.8. The van der Waals surface area contributed by atoms with Crippen LogP contribution in [0.3, 0.4) is 0 Å². The van der Waals surface area contributed by atoms with E-state index in [0.29, 0.717) is 0 Å². The lowest BCUT2D eigenvalue weighted by atomic mass is 10.2. The fourth-order valence-electron chi connectivity index (χ4n) is 1.50. The standard InChI is InChI=1S/C13H22ClNO7/c1-7(20-9(3)17)12(6-19-8(2)16)22-13(14)11(5-15)21-10(4)18/h7,11-13H,5-6,15H2,1-4H3/t7-,11+,12?,13?/m1/s1. The minimum atomic E-state index is -1.09. The summed E-state index contributed by atoms with van der Waals surface area (Å²) >= 11 is 6.02. The van der Waals surface area contributed by atoms with E-state index in [0.717, 1.165) is 0 Å². The van der Waals surface area contributed by atoms with Crippen LogP contribution in [0.4, 0.5) is 0 Å². The summed E-state index contributed by atoms with van der Waals surface area (Å²) in [7, 11) is 0. The first-order chi connectivity index (χ1) is 10.2. The number of carbonyl (C=O) groups excluding carboxylic acids is 3. The maximum atomic E-state index is 11.0. The summed E-state index contributed by atoms with van der Waals surface area (Å²) in [6.07, 6.45) is -2.45. The number of carbonyl (C=O) groups is 3. The van der Waals surface area contributed by atoms with E-state index in [9.17, 15) is 14.4 Å². The van der Waals surface area contributed by atoms with Crippen molar-refractivity contribution in [3.8, 4) is 0 Å². The van der Waals surface area contributed by atoms with Crippen molar-refractivity contribution in [3.63, 3.8) is 0 Å². The second-order valence-corrected chi connectivity index (χ2v) is 4.96. The average molecular weight is 340 g/mol. The van der Waals surface area contributed by atoms with Crippen molar-refractivity contribution in [2.24, 2.45) is 5.73 Å². The van der Waals surface area contributed by atoms with Gasteiger partial charge in [0, 0.05) is 27.3 Å². The minimum Gasteiger partial charge on any atom is -0.463 e. The molecule has 2 unspecified atom stereocenters. The fourth-order valence-corrected chi connectivity index (χ4v) is 1.79. The molecule has 0 aliphatic carbocycles. The van der Waals surface area contributed by atoms with E-state index in [2.05, 4.69) is 0 Å². The minimum absolute atomic E-state index is 0.0595. The highest BCUT2D eigenvalue weighted by Gasteiger charge is 2.30. The van der Waals surface area contributed by atoms with Crippen molar-refractivity contribution in [2.45, 2.75) is 51.6 Å². The molecule has 0 rings (SSSR count). The van der Waals surface area contributed by atoms with Gasteiger partial charge in [0.25, 0.3) is 0 Å². The topological polar surface area (TPSA) is 114 Å². The van der Waals surface area contributed by atoms with E-state index < -0.39 is 41.8 Å². The van der Waals surface area contributed by atoms with Crippen molar-refractivity contribution in [1.29, 1.82) is 0 Å². The van der Waals surface area contributed by atoms with Gasteiger partial charge in [0.1, 0.15) is 18.8 Å². The molecule has 4 atom stereocenters. The van der Waals surface area contributed by atoms with Crippen molar-refractivity contribution >= 4 is 29.5 Å². The van der Waals surface area contributed by atoms with Gasteiger partial charge in [0.15, 0.2) is 11.7 Å². The molecule has 0 fully saturated rings. The summed E-state index contributed by atoms with van der Waals surface area (Å²) in [5.41, 5.74) is 4.37. The maximum Gasteiger partial charge on any atom is 0.303 e. The number of rotatable bonds is 9. The van der Waals surface area contributed by atoms with Crippen LogP contribution in [0.15, 0.2) is 0 Å². The Balaban J connectivity index is 4.80. The number of nitrogens with two attached hydrogens (primary N) is 1. The number of ether oxygens (including phenoxy) is 4. The molecule has 0 aromatic carbocycles. The van der Waals surface area contributed by atoms with Gasteiger partial charge in [-0.05, 0) is 6.92 Å². The van der Waals surface area contributed by atoms with Crippen LogP contribution in [0.5, 0.6) is 0 Å². The summed E-state index contributed by atoms with van der Waals surface area (Å²) in [6.45, 7) is 5.00. The lowest BCUT2D eigenvalue weighted by Gasteiger charge is -2.28. The normalized spacial score (nSPS) is 16.1. The summed E-state index contributed by atoms with van der Waals surface area (Å²) < 4.78 is 20.2. The van der Waals surface area contributed by atoms with Gasteiger partial charge < -0.3 is 24.7 Å². The zero-order valence-electron chi connectivity index (χ0n) is 13.0. The molecule has 0 aliphatic rings. The highest BCUT2D eigenvalue weighted by atomic mass is 35.5. The first-order valence-corrected chi connectivity index (χ1v) is 7.08. The molecule has 0 aromatic rings. The van der Waals surface area contributed by atoms with Gasteiger partial charge >= 0.3 is 17.9 Å². The molecule has 0 amide bonds. The Morgan fingerprint density at radius 3 is 1.95 bits per heavy atom. The molecule has 9 heteroatoms. The van der Waals surface area contributed by atoms with Crippen LogP contribution < -0.4 is 5.73 Å². The second kappa shape index (κ2) is 10.4. The highest BCUT2D eigenvalue weighted by molar-refractivity contribution is 6.20. The predicted octanol–water partition coefficient (Wildman–Crippen LogP) is 0.342. The molecule has 0 bridgehead atoms. The van der Waals surface area contributed by atoms with Gasteiger partial charge in [-0.2, -0.15) is 0 Å². The SMILES string of the molecule is CC(=O)OCC(OC(Cl)[C@H](CN)OC(C)=O)[C@@H](C)OC(C)=O. The smallest absolute Gasteiger partial charge is 0.303 e. The van der Waals surface area contributed by atoms with Crippen LogP contribution >= 0.6 is 11.6 Å². The molecule has 128 valence electrons. The van der Waals surface area contributed by atoms with E-state index in [1.807, 2.05) is 0 Å². The van der Waals surface area contributed by atoms with Gasteiger partial charge in [-0.15, -0.1) is 0 Å². The lowest BCUT2D eigenvalue weighted by Crippen LogP contribution is -2.43. The molecule has 0 saturated carbocycles. The molecule has 0 radical (unpaired) electrons. The molecule has 0 aliphatic heterocycles. The Morgan fingerprint density at radius 2 is 1.55 bits per heavy atom. The lowest BCUT2D eigenvalue weighted by molar-refractivity contribution is -0.170. The average Bonchev–Trinajstić information content (AvgIpc) is 2.38. The summed E-state index contributed by atoms with van der Waals surface area (Å²) in [5, 5.41) is 0. The van der Waals surface area contributed by atoms with Crippen molar-refractivity contribution in [1.82, 2.24) is 0 Å². The molecule has 0 heterocycles. The first-order valence-electron chi connectivity index (χ1n) is 6.64. The zero-order chi connectivity index (χ0) is 17.3. The van der Waals surface area contributed by atoms with Gasteiger partial charge in [0.2, 0.25) is 0 Å². The van der Waals surface area contributed by atoms with E-state index in [1.165, 1.54) is 20.8 Å². The third kappa shape index (κ3) is 8.81. The van der Waals surface area contributed by atoms with E-state index in [1.54, 1.807) is 6.92 Å². The largest absolute Gasteiger partial charge is 0.463 e. The molecule has 22 heavy (non-hydrogen) atoms. The maximum absolute atomic E-state index is 11.0. The number of esters is 3. The monoisotopic (exact) mass is 339 g/mol. The molecule has 8 nitrogen and oxygen atoms in total. The van der Waals surface area contributed by atoms with E-state index in [-0.39, 0.29) is 13.2 Å². The number of hydrogen-bond donors (Lipinski definition) is 1.